The Morgan fingerprint density at radius 3 is 2.64 bits per heavy atom. The molecule has 2 aromatic carbocycles. The Bertz CT molecular complexity index is 945. The Hall–Kier alpha value is -2.60. The van der Waals surface area contributed by atoms with Crippen molar-refractivity contribution in [2.75, 3.05) is 24.1 Å². The van der Waals surface area contributed by atoms with Gasteiger partial charge in [-0.05, 0) is 56.6 Å². The number of halogens is 2. The van der Waals surface area contributed by atoms with Gasteiger partial charge < -0.3 is 21.4 Å². The van der Waals surface area contributed by atoms with Crippen LogP contribution < -0.4 is 16.4 Å². The van der Waals surface area contributed by atoms with E-state index < -0.39 is 11.6 Å². The number of anilines is 2. The lowest BCUT2D eigenvalue weighted by atomic mass is 9.97. The molecule has 0 saturated heterocycles. The Morgan fingerprint density at radius 2 is 1.96 bits per heavy atom. The van der Waals surface area contributed by atoms with Crippen LogP contribution in [0.4, 0.5) is 20.3 Å². The predicted molar refractivity (Wildman–Crippen MR) is 114 cm³/mol. The second-order valence-electron chi connectivity index (χ2n) is 7.12. The Morgan fingerprint density at radius 1 is 1.18 bits per heavy atom. The number of H-pyrrole nitrogens is 1. The van der Waals surface area contributed by atoms with Crippen molar-refractivity contribution in [3.05, 3.63) is 47.5 Å². The Labute approximate surface area is 164 Å². The van der Waals surface area contributed by atoms with Crippen molar-refractivity contribution < 1.29 is 8.78 Å². The second-order valence-corrected chi connectivity index (χ2v) is 7.12. The van der Waals surface area contributed by atoms with Gasteiger partial charge in [-0.2, -0.15) is 0 Å². The predicted octanol–water partition coefficient (Wildman–Crippen LogP) is 5.19. The number of benzene rings is 2. The summed E-state index contributed by atoms with van der Waals surface area (Å²) in [5.41, 5.74) is 8.14. The first-order valence-corrected chi connectivity index (χ1v) is 9.79. The van der Waals surface area contributed by atoms with Crippen molar-refractivity contribution >= 4 is 22.4 Å². The SMILES string of the molecule is CCNCCC(CC)Nc1cc(-c2c(C)cccc2F)c(F)c2[nH]c(N)cc12. The van der Waals surface area contributed by atoms with E-state index in [1.807, 2.05) is 0 Å². The van der Waals surface area contributed by atoms with Crippen LogP contribution >= 0.6 is 0 Å². The highest BCUT2D eigenvalue weighted by Gasteiger charge is 2.20. The summed E-state index contributed by atoms with van der Waals surface area (Å²) in [6.45, 7) is 7.77. The molecule has 0 bridgehead atoms. The van der Waals surface area contributed by atoms with Crippen molar-refractivity contribution in [3.8, 4) is 11.1 Å². The number of nitrogen functional groups attached to an aromatic ring is 1. The average molecular weight is 386 g/mol. The third kappa shape index (κ3) is 3.97. The van der Waals surface area contributed by atoms with E-state index in [1.54, 1.807) is 31.2 Å². The first kappa shape index (κ1) is 20.1. The standard InChI is InChI=1S/C22H28F2N4/c1-4-14(9-10-26-5-2)27-18-11-16(20-13(3)7-6-8-17(20)23)21(24)22-15(18)12-19(25)28-22/h6-8,11-12,14,26-28H,4-5,9-10,25H2,1-3H3. The van der Waals surface area contributed by atoms with E-state index in [0.29, 0.717) is 22.3 Å². The second kappa shape index (κ2) is 8.61. The number of hydrogen-bond acceptors (Lipinski definition) is 3. The van der Waals surface area contributed by atoms with E-state index in [0.717, 1.165) is 31.6 Å². The molecule has 0 amide bonds. The molecule has 28 heavy (non-hydrogen) atoms. The van der Waals surface area contributed by atoms with E-state index >= 15 is 4.39 Å². The summed E-state index contributed by atoms with van der Waals surface area (Å²) in [4.78, 5) is 2.89. The lowest BCUT2D eigenvalue weighted by Crippen LogP contribution is -2.25. The molecule has 0 fully saturated rings. The van der Waals surface area contributed by atoms with Crippen molar-refractivity contribution in [1.82, 2.24) is 10.3 Å². The number of nitrogens with one attached hydrogen (secondary N) is 3. The number of aromatic amines is 1. The molecule has 150 valence electrons. The Kier molecular flexibility index (Phi) is 6.19. The van der Waals surface area contributed by atoms with Gasteiger partial charge in [-0.3, -0.25) is 0 Å². The smallest absolute Gasteiger partial charge is 0.155 e. The molecule has 0 aliphatic heterocycles. The average Bonchev–Trinajstić information content (AvgIpc) is 3.06. The maximum Gasteiger partial charge on any atom is 0.155 e. The molecular weight excluding hydrogens is 358 g/mol. The summed E-state index contributed by atoms with van der Waals surface area (Å²) < 4.78 is 29.8. The quantitative estimate of drug-likeness (QED) is 0.403. The molecular formula is C22H28F2N4. The van der Waals surface area contributed by atoms with Crippen LogP contribution in [-0.4, -0.2) is 24.1 Å². The topological polar surface area (TPSA) is 65.9 Å². The summed E-state index contributed by atoms with van der Waals surface area (Å²) in [6.07, 6.45) is 1.84. The lowest BCUT2D eigenvalue weighted by molar-refractivity contribution is 0.585. The molecule has 0 aliphatic carbocycles. The van der Waals surface area contributed by atoms with Crippen LogP contribution in [0, 0.1) is 18.6 Å². The van der Waals surface area contributed by atoms with E-state index in [1.165, 1.54) is 6.07 Å². The maximum absolute atomic E-state index is 15.3. The summed E-state index contributed by atoms with van der Waals surface area (Å²) in [6, 6.07) is 8.39. The summed E-state index contributed by atoms with van der Waals surface area (Å²) >= 11 is 0. The van der Waals surface area contributed by atoms with E-state index in [4.69, 9.17) is 5.73 Å². The van der Waals surface area contributed by atoms with Gasteiger partial charge in [-0.1, -0.05) is 26.0 Å². The van der Waals surface area contributed by atoms with Gasteiger partial charge in [-0.25, -0.2) is 8.78 Å². The number of aryl methyl sites for hydroxylation is 1. The third-order valence-electron chi connectivity index (χ3n) is 5.14. The van der Waals surface area contributed by atoms with Gasteiger partial charge in [-0.15, -0.1) is 0 Å². The van der Waals surface area contributed by atoms with Crippen molar-refractivity contribution in [3.63, 3.8) is 0 Å². The highest BCUT2D eigenvalue weighted by atomic mass is 19.1. The van der Waals surface area contributed by atoms with E-state index in [-0.39, 0.29) is 17.2 Å². The maximum atomic E-state index is 15.3. The molecule has 1 aromatic heterocycles. The Balaban J connectivity index is 2.10. The first-order valence-electron chi connectivity index (χ1n) is 9.79. The van der Waals surface area contributed by atoms with Crippen molar-refractivity contribution in [2.45, 2.75) is 39.7 Å². The van der Waals surface area contributed by atoms with Crippen LogP contribution in [0.3, 0.4) is 0 Å². The third-order valence-corrected chi connectivity index (χ3v) is 5.14. The zero-order chi connectivity index (χ0) is 20.3. The first-order chi connectivity index (χ1) is 13.5. The van der Waals surface area contributed by atoms with Crippen LogP contribution in [0.2, 0.25) is 0 Å². The number of aromatic nitrogens is 1. The highest BCUT2D eigenvalue weighted by molar-refractivity contribution is 5.99. The highest BCUT2D eigenvalue weighted by Crippen LogP contribution is 2.38. The largest absolute Gasteiger partial charge is 0.385 e. The molecule has 0 spiro atoms. The lowest BCUT2D eigenvalue weighted by Gasteiger charge is -2.21. The van der Waals surface area contributed by atoms with Gasteiger partial charge >= 0.3 is 0 Å². The van der Waals surface area contributed by atoms with E-state index in [2.05, 4.69) is 29.5 Å². The minimum atomic E-state index is -0.494. The molecule has 5 N–H and O–H groups in total. The van der Waals surface area contributed by atoms with Crippen LogP contribution in [-0.2, 0) is 0 Å². The fraction of sp³-hybridized carbons (Fsp3) is 0.364. The zero-order valence-corrected chi connectivity index (χ0v) is 16.6. The van der Waals surface area contributed by atoms with Gasteiger partial charge in [0.15, 0.2) is 5.82 Å². The molecule has 1 heterocycles. The van der Waals surface area contributed by atoms with Gasteiger partial charge in [0.05, 0.1) is 5.52 Å². The van der Waals surface area contributed by atoms with Gasteiger partial charge in [0, 0.05) is 28.2 Å². The molecule has 3 aromatic rings. The van der Waals surface area contributed by atoms with Gasteiger partial charge in [0.1, 0.15) is 11.6 Å². The summed E-state index contributed by atoms with van der Waals surface area (Å²) in [5.74, 6) is -0.561. The van der Waals surface area contributed by atoms with Crippen LogP contribution in [0.15, 0.2) is 30.3 Å². The minimum Gasteiger partial charge on any atom is -0.385 e. The molecule has 1 unspecified atom stereocenters. The number of hydrogen-bond donors (Lipinski definition) is 4. The number of rotatable bonds is 8. The molecule has 0 aliphatic rings. The molecule has 0 saturated carbocycles. The molecule has 6 heteroatoms. The van der Waals surface area contributed by atoms with Gasteiger partial charge in [0.25, 0.3) is 0 Å². The number of nitrogens with two attached hydrogens (primary N) is 1. The van der Waals surface area contributed by atoms with E-state index in [9.17, 15) is 4.39 Å². The molecule has 3 rings (SSSR count). The molecule has 1 atom stereocenters. The van der Waals surface area contributed by atoms with Crippen LogP contribution in [0.1, 0.15) is 32.3 Å². The molecule has 0 radical (unpaired) electrons. The normalized spacial score (nSPS) is 12.5. The minimum absolute atomic E-state index is 0.207. The van der Waals surface area contributed by atoms with Crippen molar-refractivity contribution in [1.29, 1.82) is 0 Å². The fourth-order valence-electron chi connectivity index (χ4n) is 3.61. The number of fused-ring (bicyclic) bond motifs is 1. The fourth-order valence-corrected chi connectivity index (χ4v) is 3.61. The van der Waals surface area contributed by atoms with Gasteiger partial charge in [0.2, 0.25) is 0 Å². The summed E-state index contributed by atoms with van der Waals surface area (Å²) in [5, 5.41) is 7.52. The van der Waals surface area contributed by atoms with Crippen molar-refractivity contribution in [2.24, 2.45) is 0 Å². The zero-order valence-electron chi connectivity index (χ0n) is 16.6. The molecule has 4 nitrogen and oxygen atoms in total. The van der Waals surface area contributed by atoms with Crippen LogP contribution in [0.25, 0.3) is 22.0 Å². The summed E-state index contributed by atoms with van der Waals surface area (Å²) in [7, 11) is 0. The monoisotopic (exact) mass is 386 g/mol. The van der Waals surface area contributed by atoms with Crippen LogP contribution in [0.5, 0.6) is 0 Å².